The van der Waals surface area contributed by atoms with Crippen molar-refractivity contribution in [2.24, 2.45) is 0 Å². The van der Waals surface area contributed by atoms with E-state index in [0.717, 1.165) is 25.1 Å². The van der Waals surface area contributed by atoms with Crippen LogP contribution in [0.25, 0.3) is 0 Å². The molecule has 1 N–H and O–H groups in total. The Kier molecular flexibility index (Phi) is 4.46. The summed E-state index contributed by atoms with van der Waals surface area (Å²) in [5, 5.41) is 2.96. The summed E-state index contributed by atoms with van der Waals surface area (Å²) in [6, 6.07) is 0. The summed E-state index contributed by atoms with van der Waals surface area (Å²) in [6.45, 7) is 3.56. The predicted molar refractivity (Wildman–Crippen MR) is 50.1 cm³/mol. The number of carbonyl (C=O) groups excluding carboxylic acids is 1. The second-order valence-corrected chi connectivity index (χ2v) is 3.94. The topological polar surface area (TPSA) is 38.3 Å². The number of thioether (sulfide) groups is 1. The molecule has 4 heteroatoms. The van der Waals surface area contributed by atoms with E-state index in [1.54, 1.807) is 11.8 Å². The van der Waals surface area contributed by atoms with Crippen molar-refractivity contribution in [3.8, 4) is 0 Å². The van der Waals surface area contributed by atoms with E-state index >= 15 is 0 Å². The molecule has 1 aliphatic rings. The van der Waals surface area contributed by atoms with E-state index in [9.17, 15) is 4.79 Å². The van der Waals surface area contributed by atoms with Gasteiger partial charge >= 0.3 is 5.97 Å². The lowest BCUT2D eigenvalue weighted by Gasteiger charge is -2.08. The van der Waals surface area contributed by atoms with Crippen molar-refractivity contribution in [1.82, 2.24) is 5.32 Å². The SMILES string of the molecule is CCCCOC(=O)C1NCCS1. The molecule has 1 aliphatic heterocycles. The van der Waals surface area contributed by atoms with Gasteiger partial charge in [-0.15, -0.1) is 11.8 Å². The molecule has 1 saturated heterocycles. The van der Waals surface area contributed by atoms with Crippen molar-refractivity contribution in [3.05, 3.63) is 0 Å². The van der Waals surface area contributed by atoms with Crippen LogP contribution in [0.15, 0.2) is 0 Å². The standard InChI is InChI=1S/C8H15NO2S/c1-2-3-5-11-8(10)7-9-4-6-12-7/h7,9H,2-6H2,1H3. The average molecular weight is 189 g/mol. The fourth-order valence-electron chi connectivity index (χ4n) is 0.970. The molecule has 0 amide bonds. The smallest absolute Gasteiger partial charge is 0.333 e. The minimum Gasteiger partial charge on any atom is -0.464 e. The summed E-state index contributed by atoms with van der Waals surface area (Å²) in [6.07, 6.45) is 2.03. The third-order valence-corrected chi connectivity index (χ3v) is 2.80. The molecule has 1 heterocycles. The molecule has 1 rings (SSSR count). The van der Waals surface area contributed by atoms with Gasteiger partial charge in [-0.25, -0.2) is 4.79 Å². The van der Waals surface area contributed by atoms with Gasteiger partial charge in [-0.2, -0.15) is 0 Å². The van der Waals surface area contributed by atoms with Crippen LogP contribution in [0, 0.1) is 0 Å². The van der Waals surface area contributed by atoms with Gasteiger partial charge in [0.05, 0.1) is 6.61 Å². The largest absolute Gasteiger partial charge is 0.464 e. The number of ether oxygens (including phenoxy) is 1. The molecule has 1 atom stereocenters. The molecule has 0 radical (unpaired) electrons. The van der Waals surface area contributed by atoms with Gasteiger partial charge in [-0.1, -0.05) is 13.3 Å². The van der Waals surface area contributed by atoms with Crippen LogP contribution >= 0.6 is 11.8 Å². The summed E-state index contributed by atoms with van der Waals surface area (Å²) >= 11 is 1.62. The van der Waals surface area contributed by atoms with E-state index < -0.39 is 0 Å². The van der Waals surface area contributed by atoms with Gasteiger partial charge in [0.2, 0.25) is 0 Å². The maximum atomic E-state index is 11.2. The molecule has 0 aromatic heterocycles. The third-order valence-electron chi connectivity index (χ3n) is 1.67. The lowest BCUT2D eigenvalue weighted by Crippen LogP contribution is -2.30. The second kappa shape index (κ2) is 5.43. The molecular weight excluding hydrogens is 174 g/mol. The number of esters is 1. The molecule has 1 unspecified atom stereocenters. The monoisotopic (exact) mass is 189 g/mol. The zero-order valence-electron chi connectivity index (χ0n) is 7.34. The van der Waals surface area contributed by atoms with Crippen LogP contribution in [0.1, 0.15) is 19.8 Å². The zero-order chi connectivity index (χ0) is 8.81. The Balaban J connectivity index is 2.10. The van der Waals surface area contributed by atoms with Gasteiger partial charge in [-0.05, 0) is 6.42 Å². The molecule has 0 aromatic carbocycles. The first-order chi connectivity index (χ1) is 5.84. The first-order valence-electron chi connectivity index (χ1n) is 4.36. The first-order valence-corrected chi connectivity index (χ1v) is 5.41. The Morgan fingerprint density at radius 1 is 1.75 bits per heavy atom. The van der Waals surface area contributed by atoms with E-state index in [1.807, 2.05) is 0 Å². The van der Waals surface area contributed by atoms with Crippen LogP contribution in [0.2, 0.25) is 0 Å². The van der Waals surface area contributed by atoms with Crippen molar-refractivity contribution in [2.75, 3.05) is 18.9 Å². The first kappa shape index (κ1) is 9.86. The highest BCUT2D eigenvalue weighted by Gasteiger charge is 2.23. The average Bonchev–Trinajstić information content (AvgIpc) is 2.56. The van der Waals surface area contributed by atoms with Gasteiger partial charge in [-0.3, -0.25) is 5.32 Å². The Bertz CT molecular complexity index is 146. The Labute approximate surface area is 77.2 Å². The van der Waals surface area contributed by atoms with Crippen LogP contribution in [-0.2, 0) is 9.53 Å². The highest BCUT2D eigenvalue weighted by molar-refractivity contribution is 8.00. The normalized spacial score (nSPS) is 22.6. The fourth-order valence-corrected chi connectivity index (χ4v) is 1.88. The molecule has 0 aromatic rings. The maximum Gasteiger partial charge on any atom is 0.333 e. The van der Waals surface area contributed by atoms with E-state index in [0.29, 0.717) is 6.61 Å². The summed E-state index contributed by atoms with van der Waals surface area (Å²) in [7, 11) is 0. The minimum atomic E-state index is -0.109. The minimum absolute atomic E-state index is 0.106. The molecule has 0 saturated carbocycles. The molecule has 0 bridgehead atoms. The number of unbranched alkanes of at least 4 members (excludes halogenated alkanes) is 1. The second-order valence-electron chi connectivity index (χ2n) is 2.73. The van der Waals surface area contributed by atoms with E-state index in [4.69, 9.17) is 4.74 Å². The molecule has 0 aliphatic carbocycles. The Morgan fingerprint density at radius 2 is 2.58 bits per heavy atom. The third kappa shape index (κ3) is 3.03. The van der Waals surface area contributed by atoms with Gasteiger partial charge < -0.3 is 4.74 Å². The zero-order valence-corrected chi connectivity index (χ0v) is 8.15. The van der Waals surface area contributed by atoms with Crippen molar-refractivity contribution in [1.29, 1.82) is 0 Å². The van der Waals surface area contributed by atoms with Gasteiger partial charge in [0.1, 0.15) is 0 Å². The fraction of sp³-hybridized carbons (Fsp3) is 0.875. The molecule has 70 valence electrons. The summed E-state index contributed by atoms with van der Waals surface area (Å²) in [5.41, 5.74) is 0. The van der Waals surface area contributed by atoms with Crippen molar-refractivity contribution in [3.63, 3.8) is 0 Å². The number of carbonyl (C=O) groups is 1. The van der Waals surface area contributed by atoms with Crippen molar-refractivity contribution in [2.45, 2.75) is 25.1 Å². The lowest BCUT2D eigenvalue weighted by molar-refractivity contribution is -0.143. The number of rotatable bonds is 4. The van der Waals surface area contributed by atoms with Crippen LogP contribution in [0.4, 0.5) is 0 Å². The van der Waals surface area contributed by atoms with Crippen LogP contribution in [-0.4, -0.2) is 30.2 Å². The summed E-state index contributed by atoms with van der Waals surface area (Å²) in [4.78, 5) is 11.2. The lowest BCUT2D eigenvalue weighted by atomic mass is 10.4. The summed E-state index contributed by atoms with van der Waals surface area (Å²) < 4.78 is 5.04. The molecule has 0 spiro atoms. The Hall–Kier alpha value is -0.220. The van der Waals surface area contributed by atoms with Crippen LogP contribution in [0.5, 0.6) is 0 Å². The quantitative estimate of drug-likeness (QED) is 0.529. The maximum absolute atomic E-state index is 11.2. The van der Waals surface area contributed by atoms with Crippen LogP contribution in [0.3, 0.4) is 0 Å². The van der Waals surface area contributed by atoms with Crippen molar-refractivity contribution >= 4 is 17.7 Å². The molecular formula is C8H15NO2S. The number of nitrogens with one attached hydrogen (secondary N) is 1. The van der Waals surface area contributed by atoms with E-state index in [-0.39, 0.29) is 11.3 Å². The molecule has 12 heavy (non-hydrogen) atoms. The highest BCUT2D eigenvalue weighted by Crippen LogP contribution is 2.14. The Morgan fingerprint density at radius 3 is 3.17 bits per heavy atom. The highest BCUT2D eigenvalue weighted by atomic mass is 32.2. The summed E-state index contributed by atoms with van der Waals surface area (Å²) in [5.74, 6) is 0.902. The number of hydrogen-bond acceptors (Lipinski definition) is 4. The molecule has 1 fully saturated rings. The number of hydrogen-bond donors (Lipinski definition) is 1. The van der Waals surface area contributed by atoms with E-state index in [2.05, 4.69) is 12.2 Å². The predicted octanol–water partition coefficient (Wildman–Crippen LogP) is 0.992. The molecule has 3 nitrogen and oxygen atoms in total. The van der Waals surface area contributed by atoms with Gasteiger partial charge in [0.25, 0.3) is 0 Å². The van der Waals surface area contributed by atoms with E-state index in [1.165, 1.54) is 0 Å². The van der Waals surface area contributed by atoms with Gasteiger partial charge in [0, 0.05) is 12.3 Å². The van der Waals surface area contributed by atoms with Crippen molar-refractivity contribution < 1.29 is 9.53 Å². The van der Waals surface area contributed by atoms with Crippen LogP contribution < -0.4 is 5.32 Å². The van der Waals surface area contributed by atoms with Gasteiger partial charge in [0.15, 0.2) is 5.37 Å².